The average molecular weight is 230 g/mol. The van der Waals surface area contributed by atoms with Crippen molar-refractivity contribution in [1.29, 1.82) is 0 Å². The SMILES string of the molecule is NC1COCC1C(=O)NCC1(O)CCOC1. The van der Waals surface area contributed by atoms with Crippen molar-refractivity contribution in [3.8, 4) is 0 Å². The molecule has 0 aromatic rings. The monoisotopic (exact) mass is 230 g/mol. The van der Waals surface area contributed by atoms with E-state index < -0.39 is 5.60 Å². The molecule has 4 N–H and O–H groups in total. The van der Waals surface area contributed by atoms with Crippen LogP contribution in [0.3, 0.4) is 0 Å². The first-order valence-corrected chi connectivity index (χ1v) is 5.52. The van der Waals surface area contributed by atoms with Gasteiger partial charge in [-0.2, -0.15) is 0 Å². The quantitative estimate of drug-likeness (QED) is 0.533. The Labute approximate surface area is 94.1 Å². The predicted molar refractivity (Wildman–Crippen MR) is 55.7 cm³/mol. The van der Waals surface area contributed by atoms with E-state index in [9.17, 15) is 9.90 Å². The molecule has 0 radical (unpaired) electrons. The van der Waals surface area contributed by atoms with Gasteiger partial charge in [-0.1, -0.05) is 0 Å². The summed E-state index contributed by atoms with van der Waals surface area (Å²) in [6, 6.07) is -0.241. The third-order valence-corrected chi connectivity index (χ3v) is 3.14. The number of nitrogens with two attached hydrogens (primary N) is 1. The molecule has 16 heavy (non-hydrogen) atoms. The summed E-state index contributed by atoms with van der Waals surface area (Å²) in [6.07, 6.45) is 0.556. The average Bonchev–Trinajstić information content (AvgIpc) is 2.85. The van der Waals surface area contributed by atoms with Gasteiger partial charge in [-0.15, -0.1) is 0 Å². The normalized spacial score (nSPS) is 38.9. The molecule has 0 spiro atoms. The zero-order valence-corrected chi connectivity index (χ0v) is 9.15. The molecule has 0 saturated carbocycles. The van der Waals surface area contributed by atoms with Crippen molar-refractivity contribution in [2.24, 2.45) is 11.7 Å². The van der Waals surface area contributed by atoms with E-state index in [1.165, 1.54) is 0 Å². The molecule has 3 unspecified atom stereocenters. The van der Waals surface area contributed by atoms with Crippen LogP contribution in [0.1, 0.15) is 6.42 Å². The second-order valence-corrected chi connectivity index (χ2v) is 4.55. The Bertz CT molecular complexity index is 266. The summed E-state index contributed by atoms with van der Waals surface area (Å²) in [5.74, 6) is -0.448. The molecule has 0 aromatic carbocycles. The van der Waals surface area contributed by atoms with Crippen molar-refractivity contribution < 1.29 is 19.4 Å². The molecule has 0 aromatic heterocycles. The van der Waals surface area contributed by atoms with Crippen LogP contribution in [-0.4, -0.2) is 55.6 Å². The Morgan fingerprint density at radius 1 is 1.50 bits per heavy atom. The number of amides is 1. The molecule has 6 heteroatoms. The van der Waals surface area contributed by atoms with Crippen LogP contribution in [0.15, 0.2) is 0 Å². The van der Waals surface area contributed by atoms with Gasteiger partial charge in [0.05, 0.1) is 25.7 Å². The highest BCUT2D eigenvalue weighted by molar-refractivity contribution is 5.79. The lowest BCUT2D eigenvalue weighted by Gasteiger charge is -2.22. The first-order chi connectivity index (χ1) is 7.61. The second kappa shape index (κ2) is 4.67. The van der Waals surface area contributed by atoms with Crippen molar-refractivity contribution in [2.75, 3.05) is 33.0 Å². The van der Waals surface area contributed by atoms with Gasteiger partial charge in [-0.05, 0) is 0 Å². The van der Waals surface area contributed by atoms with E-state index in [4.69, 9.17) is 15.2 Å². The van der Waals surface area contributed by atoms with Crippen molar-refractivity contribution in [3.05, 3.63) is 0 Å². The number of aliphatic hydroxyl groups is 1. The van der Waals surface area contributed by atoms with Crippen molar-refractivity contribution in [1.82, 2.24) is 5.32 Å². The number of nitrogens with one attached hydrogen (secondary N) is 1. The molecule has 0 aliphatic carbocycles. The van der Waals surface area contributed by atoms with Gasteiger partial charge in [0.1, 0.15) is 5.60 Å². The van der Waals surface area contributed by atoms with E-state index in [1.54, 1.807) is 0 Å². The van der Waals surface area contributed by atoms with Gasteiger partial charge >= 0.3 is 0 Å². The Morgan fingerprint density at radius 2 is 2.31 bits per heavy atom. The fraction of sp³-hybridized carbons (Fsp3) is 0.900. The Balaban J connectivity index is 1.79. The predicted octanol–water partition coefficient (Wildman–Crippen LogP) is -1.77. The fourth-order valence-corrected chi connectivity index (χ4v) is 1.96. The molecule has 2 heterocycles. The van der Waals surface area contributed by atoms with Gasteiger partial charge < -0.3 is 25.6 Å². The summed E-state index contributed by atoms with van der Waals surface area (Å²) in [5, 5.41) is 12.7. The van der Waals surface area contributed by atoms with Crippen LogP contribution in [0.25, 0.3) is 0 Å². The molecule has 2 saturated heterocycles. The van der Waals surface area contributed by atoms with Crippen LogP contribution in [-0.2, 0) is 14.3 Å². The zero-order chi connectivity index (χ0) is 11.6. The van der Waals surface area contributed by atoms with E-state index in [2.05, 4.69) is 5.32 Å². The van der Waals surface area contributed by atoms with Crippen molar-refractivity contribution in [3.63, 3.8) is 0 Å². The molecular formula is C10H18N2O4. The minimum Gasteiger partial charge on any atom is -0.386 e. The maximum atomic E-state index is 11.7. The van der Waals surface area contributed by atoms with Crippen molar-refractivity contribution >= 4 is 5.91 Å². The van der Waals surface area contributed by atoms with Crippen LogP contribution in [0, 0.1) is 5.92 Å². The van der Waals surface area contributed by atoms with Gasteiger partial charge in [-0.3, -0.25) is 4.79 Å². The van der Waals surface area contributed by atoms with Gasteiger partial charge in [-0.25, -0.2) is 0 Å². The molecular weight excluding hydrogens is 212 g/mol. The number of ether oxygens (including phenoxy) is 2. The Kier molecular flexibility index (Phi) is 3.44. The molecule has 6 nitrogen and oxygen atoms in total. The molecule has 2 aliphatic heterocycles. The third kappa shape index (κ3) is 2.52. The topological polar surface area (TPSA) is 93.8 Å². The van der Waals surface area contributed by atoms with E-state index in [0.29, 0.717) is 26.2 Å². The standard InChI is InChI=1S/C10H18N2O4/c11-8-4-16-3-7(8)9(13)12-5-10(14)1-2-15-6-10/h7-8,14H,1-6,11H2,(H,12,13). The summed E-state index contributed by atoms with van der Waals surface area (Å²) in [4.78, 5) is 11.7. The minimum atomic E-state index is -0.917. The van der Waals surface area contributed by atoms with Gasteiger partial charge in [0.15, 0.2) is 0 Å². The summed E-state index contributed by atoms with van der Waals surface area (Å²) in [5.41, 5.74) is 4.81. The van der Waals surface area contributed by atoms with Gasteiger partial charge in [0, 0.05) is 25.6 Å². The molecule has 2 fully saturated rings. The molecule has 0 bridgehead atoms. The van der Waals surface area contributed by atoms with Gasteiger partial charge in [0.25, 0.3) is 0 Å². The maximum Gasteiger partial charge on any atom is 0.227 e. The minimum absolute atomic E-state index is 0.148. The lowest BCUT2D eigenvalue weighted by atomic mass is 10.0. The van der Waals surface area contributed by atoms with Crippen LogP contribution < -0.4 is 11.1 Å². The van der Waals surface area contributed by atoms with E-state index >= 15 is 0 Å². The highest BCUT2D eigenvalue weighted by atomic mass is 16.5. The first kappa shape index (κ1) is 11.8. The highest BCUT2D eigenvalue weighted by Crippen LogP contribution is 2.18. The lowest BCUT2D eigenvalue weighted by molar-refractivity contribution is -0.126. The summed E-state index contributed by atoms with van der Waals surface area (Å²) >= 11 is 0. The third-order valence-electron chi connectivity index (χ3n) is 3.14. The molecule has 1 amide bonds. The maximum absolute atomic E-state index is 11.7. The molecule has 3 atom stereocenters. The molecule has 2 rings (SSSR count). The van der Waals surface area contributed by atoms with Crippen LogP contribution >= 0.6 is 0 Å². The number of carbonyl (C=O) groups is 1. The summed E-state index contributed by atoms with van der Waals surface area (Å²) < 4.78 is 10.2. The molecule has 92 valence electrons. The Hall–Kier alpha value is -0.690. The van der Waals surface area contributed by atoms with Gasteiger partial charge in [0.2, 0.25) is 5.91 Å². The van der Waals surface area contributed by atoms with Crippen LogP contribution in [0.5, 0.6) is 0 Å². The first-order valence-electron chi connectivity index (χ1n) is 5.52. The lowest BCUT2D eigenvalue weighted by Crippen LogP contribution is -2.48. The van der Waals surface area contributed by atoms with Crippen LogP contribution in [0.4, 0.5) is 0 Å². The number of hydrogen-bond donors (Lipinski definition) is 3. The highest BCUT2D eigenvalue weighted by Gasteiger charge is 2.35. The number of carbonyl (C=O) groups excluding carboxylic acids is 1. The summed E-state index contributed by atoms with van der Waals surface area (Å²) in [6.45, 7) is 1.82. The van der Waals surface area contributed by atoms with Crippen LogP contribution in [0.2, 0.25) is 0 Å². The fourth-order valence-electron chi connectivity index (χ4n) is 1.96. The number of hydrogen-bond acceptors (Lipinski definition) is 5. The van der Waals surface area contributed by atoms with E-state index in [-0.39, 0.29) is 31.0 Å². The molecule has 2 aliphatic rings. The number of rotatable bonds is 3. The zero-order valence-electron chi connectivity index (χ0n) is 9.15. The Morgan fingerprint density at radius 3 is 2.88 bits per heavy atom. The van der Waals surface area contributed by atoms with Crippen molar-refractivity contribution in [2.45, 2.75) is 18.1 Å². The largest absolute Gasteiger partial charge is 0.386 e. The van der Waals surface area contributed by atoms with E-state index in [1.807, 2.05) is 0 Å². The smallest absolute Gasteiger partial charge is 0.227 e. The van der Waals surface area contributed by atoms with E-state index in [0.717, 1.165) is 0 Å². The summed E-state index contributed by atoms with van der Waals surface area (Å²) in [7, 11) is 0. The second-order valence-electron chi connectivity index (χ2n) is 4.55.